The molecule has 0 N–H and O–H groups in total. The van der Waals surface area contributed by atoms with Crippen molar-refractivity contribution < 1.29 is 0 Å². The van der Waals surface area contributed by atoms with Crippen LogP contribution < -0.4 is 0 Å². The van der Waals surface area contributed by atoms with E-state index in [0.29, 0.717) is 11.8 Å². The lowest BCUT2D eigenvalue weighted by Gasteiger charge is -2.28. The van der Waals surface area contributed by atoms with E-state index in [-0.39, 0.29) is 0 Å². The molecule has 5 nitrogen and oxygen atoms in total. The Hall–Kier alpha value is -2.28. The molecule has 6 rings (SSSR count). The summed E-state index contributed by atoms with van der Waals surface area (Å²) >= 11 is 7.94. The molecule has 2 aromatic heterocycles. The number of benzene rings is 2. The highest BCUT2D eigenvalue weighted by Gasteiger charge is 2.31. The van der Waals surface area contributed by atoms with Crippen LogP contribution in [0.25, 0.3) is 15.8 Å². The second kappa shape index (κ2) is 7.69. The topological polar surface area (TPSA) is 46.8 Å². The van der Waals surface area contributed by atoms with E-state index in [9.17, 15) is 0 Å². The second-order valence-electron chi connectivity index (χ2n) is 8.87. The third-order valence-corrected chi connectivity index (χ3v) is 7.85. The van der Waals surface area contributed by atoms with Crippen LogP contribution in [-0.2, 0) is 13.1 Å². The van der Waals surface area contributed by atoms with Gasteiger partial charge in [-0.2, -0.15) is 4.37 Å². The Bertz CT molecular complexity index is 1250. The average Bonchev–Trinajstić information content (AvgIpc) is 3.35. The van der Waals surface area contributed by atoms with Crippen molar-refractivity contribution in [1.29, 1.82) is 0 Å². The highest BCUT2D eigenvalue weighted by Crippen LogP contribution is 2.43. The van der Waals surface area contributed by atoms with E-state index in [1.165, 1.54) is 27.0 Å². The normalized spacial score (nSPS) is 21.6. The summed E-state index contributed by atoms with van der Waals surface area (Å²) in [4.78, 5) is 2.27. The van der Waals surface area contributed by atoms with Gasteiger partial charge in [-0.3, -0.25) is 9.47 Å². The van der Waals surface area contributed by atoms with Gasteiger partial charge in [0.1, 0.15) is 5.82 Å². The van der Waals surface area contributed by atoms with Crippen LogP contribution >= 0.6 is 23.1 Å². The molecule has 4 aromatic rings. The van der Waals surface area contributed by atoms with Crippen LogP contribution in [0.4, 0.5) is 0 Å². The summed E-state index contributed by atoms with van der Waals surface area (Å²) in [6.07, 6.45) is 4.53. The van der Waals surface area contributed by atoms with Crippen LogP contribution in [0, 0.1) is 0 Å². The fourth-order valence-corrected chi connectivity index (χ4v) is 6.32. The lowest BCUT2D eigenvalue weighted by molar-refractivity contribution is 0.315. The maximum atomic E-state index is 6.31. The molecule has 0 saturated heterocycles. The van der Waals surface area contributed by atoms with Gasteiger partial charge in [0.2, 0.25) is 0 Å². The molecule has 0 unspecified atom stereocenters. The van der Waals surface area contributed by atoms with Crippen LogP contribution in [0.3, 0.4) is 0 Å². The number of aromatic nitrogens is 4. The lowest BCUT2D eigenvalue weighted by atomic mass is 9.79. The minimum Gasteiger partial charge on any atom is -0.295 e. The summed E-state index contributed by atoms with van der Waals surface area (Å²) in [5, 5.41) is 11.4. The van der Waals surface area contributed by atoms with E-state index in [0.717, 1.165) is 55.4 Å². The van der Waals surface area contributed by atoms with Gasteiger partial charge in [0, 0.05) is 28.8 Å². The van der Waals surface area contributed by atoms with E-state index in [1.807, 2.05) is 6.07 Å². The minimum absolute atomic E-state index is 0.425. The molecule has 3 heterocycles. The van der Waals surface area contributed by atoms with Crippen molar-refractivity contribution in [2.75, 3.05) is 7.05 Å². The number of halogens is 1. The van der Waals surface area contributed by atoms with Crippen molar-refractivity contribution in [3.8, 4) is 5.69 Å². The Kier molecular flexibility index (Phi) is 4.82. The molecule has 0 radical (unpaired) electrons. The standard InChI is InChI=1S/C24H24ClN5S/c1-29-13-17-12-18(25)10-11-20(17)30-22(14-29)26-27-24(30)16-8-6-15(7-9-16)23-19-4-2-3-5-21(19)31-28-23/h2-5,10-12,15-16H,6-9,13-14H2,1H3. The first-order valence-corrected chi connectivity index (χ1v) is 12.1. The molecule has 0 atom stereocenters. The minimum atomic E-state index is 0.425. The summed E-state index contributed by atoms with van der Waals surface area (Å²) in [6.45, 7) is 1.65. The van der Waals surface area contributed by atoms with Crippen LogP contribution in [0.1, 0.15) is 60.4 Å². The zero-order chi connectivity index (χ0) is 20.9. The van der Waals surface area contributed by atoms with E-state index < -0.39 is 0 Å². The van der Waals surface area contributed by atoms with Crippen molar-refractivity contribution in [2.24, 2.45) is 0 Å². The zero-order valence-electron chi connectivity index (χ0n) is 17.5. The molecule has 1 aliphatic carbocycles. The largest absolute Gasteiger partial charge is 0.295 e. The lowest BCUT2D eigenvalue weighted by Crippen LogP contribution is -2.17. The molecule has 31 heavy (non-hydrogen) atoms. The third kappa shape index (κ3) is 3.37. The Morgan fingerprint density at radius 1 is 0.968 bits per heavy atom. The van der Waals surface area contributed by atoms with E-state index in [1.54, 1.807) is 11.5 Å². The molecule has 1 aliphatic heterocycles. The number of nitrogens with zero attached hydrogens (tertiary/aromatic N) is 5. The average molecular weight is 450 g/mol. The third-order valence-electron chi connectivity index (χ3n) is 6.77. The van der Waals surface area contributed by atoms with Gasteiger partial charge in [-0.1, -0.05) is 29.8 Å². The molecule has 0 spiro atoms. The first-order chi connectivity index (χ1) is 15.2. The monoisotopic (exact) mass is 449 g/mol. The van der Waals surface area contributed by atoms with Gasteiger partial charge in [-0.25, -0.2) is 0 Å². The van der Waals surface area contributed by atoms with Gasteiger partial charge in [-0.15, -0.1) is 10.2 Å². The summed E-state index contributed by atoms with van der Waals surface area (Å²) in [5.74, 6) is 3.09. The number of rotatable bonds is 2. The van der Waals surface area contributed by atoms with Crippen LogP contribution in [0.5, 0.6) is 0 Å². The predicted molar refractivity (Wildman–Crippen MR) is 125 cm³/mol. The second-order valence-corrected chi connectivity index (χ2v) is 10.1. The van der Waals surface area contributed by atoms with Gasteiger partial charge >= 0.3 is 0 Å². The van der Waals surface area contributed by atoms with E-state index in [4.69, 9.17) is 21.1 Å². The van der Waals surface area contributed by atoms with E-state index >= 15 is 0 Å². The van der Waals surface area contributed by atoms with Crippen molar-refractivity contribution >= 4 is 33.2 Å². The first kappa shape index (κ1) is 19.4. The Morgan fingerprint density at radius 3 is 2.65 bits per heavy atom. The molecule has 1 saturated carbocycles. The highest BCUT2D eigenvalue weighted by molar-refractivity contribution is 7.13. The fourth-order valence-electron chi connectivity index (χ4n) is 5.27. The van der Waals surface area contributed by atoms with Gasteiger partial charge < -0.3 is 0 Å². The fraction of sp³-hybridized carbons (Fsp3) is 0.375. The van der Waals surface area contributed by atoms with Crippen molar-refractivity contribution in [3.05, 3.63) is 70.4 Å². The molecule has 0 amide bonds. The molecular formula is C24H24ClN5S. The highest BCUT2D eigenvalue weighted by atomic mass is 35.5. The Morgan fingerprint density at radius 2 is 1.77 bits per heavy atom. The first-order valence-electron chi connectivity index (χ1n) is 10.9. The van der Waals surface area contributed by atoms with Crippen molar-refractivity contribution in [2.45, 2.75) is 50.6 Å². The van der Waals surface area contributed by atoms with Crippen LogP contribution in [0.2, 0.25) is 5.02 Å². The quantitative estimate of drug-likeness (QED) is 0.381. The molecule has 7 heteroatoms. The summed E-state index contributed by atoms with van der Waals surface area (Å²) in [7, 11) is 2.12. The van der Waals surface area contributed by atoms with Gasteiger partial charge in [0.25, 0.3) is 0 Å². The number of hydrogen-bond acceptors (Lipinski definition) is 5. The summed E-state index contributed by atoms with van der Waals surface area (Å²) in [6, 6.07) is 14.8. The van der Waals surface area contributed by atoms with Crippen LogP contribution in [-0.4, -0.2) is 31.1 Å². The van der Waals surface area contributed by atoms with Gasteiger partial charge in [0.15, 0.2) is 5.82 Å². The maximum absolute atomic E-state index is 6.31. The van der Waals surface area contributed by atoms with Gasteiger partial charge in [-0.05, 0) is 74.1 Å². The Balaban J connectivity index is 1.30. The molecule has 1 fully saturated rings. The zero-order valence-corrected chi connectivity index (χ0v) is 19.0. The number of fused-ring (bicyclic) bond motifs is 4. The van der Waals surface area contributed by atoms with Crippen molar-refractivity contribution in [3.63, 3.8) is 0 Å². The molecule has 158 valence electrons. The summed E-state index contributed by atoms with van der Waals surface area (Å²) in [5.41, 5.74) is 3.70. The maximum Gasteiger partial charge on any atom is 0.151 e. The molecule has 0 bridgehead atoms. The van der Waals surface area contributed by atoms with Gasteiger partial charge in [0.05, 0.1) is 22.6 Å². The van der Waals surface area contributed by atoms with E-state index in [2.05, 4.69) is 58.0 Å². The molecule has 2 aliphatic rings. The predicted octanol–water partition coefficient (Wildman–Crippen LogP) is 5.92. The number of hydrogen-bond donors (Lipinski definition) is 0. The molecule has 2 aromatic carbocycles. The van der Waals surface area contributed by atoms with Crippen molar-refractivity contribution in [1.82, 2.24) is 24.0 Å². The SMILES string of the molecule is CN1Cc2cc(Cl)ccc2-n2c(nnc2C2CCC(c3nsc4ccccc34)CC2)C1. The Labute approximate surface area is 190 Å². The smallest absolute Gasteiger partial charge is 0.151 e. The molecular weight excluding hydrogens is 426 g/mol. The summed E-state index contributed by atoms with van der Waals surface area (Å²) < 4.78 is 8.42. The van der Waals surface area contributed by atoms with Crippen LogP contribution in [0.15, 0.2) is 42.5 Å².